The first-order chi connectivity index (χ1) is 29.7. The largest absolute Gasteiger partial charge is 0.135 e. The summed E-state index contributed by atoms with van der Waals surface area (Å²) in [4.78, 5) is 10.3. The van der Waals surface area contributed by atoms with Gasteiger partial charge < -0.3 is 0 Å². The summed E-state index contributed by atoms with van der Waals surface area (Å²) in [5.41, 5.74) is 10.1. The van der Waals surface area contributed by atoms with Gasteiger partial charge in [0.15, 0.2) is 0 Å². The molecule has 4 heterocycles. The van der Waals surface area contributed by atoms with E-state index in [0.717, 1.165) is 0 Å². The van der Waals surface area contributed by atoms with Crippen LogP contribution in [-0.4, -0.2) is 0 Å². The van der Waals surface area contributed by atoms with Crippen LogP contribution in [-0.2, 0) is 0 Å². The van der Waals surface area contributed by atoms with Crippen LogP contribution in [0.1, 0.15) is 0 Å². The number of hydrogen-bond acceptors (Lipinski definition) is 4. The molecule has 0 nitrogen and oxygen atoms in total. The molecule has 0 amide bonds. The molecule has 0 saturated carbocycles. The van der Waals surface area contributed by atoms with E-state index in [0.29, 0.717) is 0 Å². The molecule has 0 radical (unpaired) electrons. The first kappa shape index (κ1) is 35.5. The Morgan fingerprint density at radius 2 is 0.417 bits per heavy atom. The average Bonchev–Trinajstić information content (AvgIpc) is 4.17. The lowest BCUT2D eigenvalue weighted by molar-refractivity contribution is 1.70. The molecule has 0 aliphatic carbocycles. The van der Waals surface area contributed by atoms with Crippen LogP contribution in [0.15, 0.2) is 206 Å². The zero-order valence-corrected chi connectivity index (χ0v) is 35.5. The van der Waals surface area contributed by atoms with Gasteiger partial charge >= 0.3 is 0 Å². The van der Waals surface area contributed by atoms with Gasteiger partial charge in [-0.15, -0.1) is 45.3 Å². The highest BCUT2D eigenvalue weighted by atomic mass is 32.1. The van der Waals surface area contributed by atoms with Crippen molar-refractivity contribution in [1.29, 1.82) is 0 Å². The Bertz CT molecular complexity index is 3000. The van der Waals surface area contributed by atoms with E-state index < -0.39 is 0 Å². The minimum Gasteiger partial charge on any atom is -0.135 e. The third-order valence-corrected chi connectivity index (χ3v) is 16.3. The molecule has 0 saturated heterocycles. The Hall–Kier alpha value is -6.40. The highest BCUT2D eigenvalue weighted by molar-refractivity contribution is 7.20. The molecule has 12 rings (SSSR count). The summed E-state index contributed by atoms with van der Waals surface area (Å²) >= 11 is 7.53. The molecule has 4 aromatic heterocycles. The van der Waals surface area contributed by atoms with Gasteiger partial charge in [0.2, 0.25) is 0 Å². The smallest absolute Gasteiger partial charge is 0.0355 e. The molecule has 0 aliphatic rings. The van der Waals surface area contributed by atoms with Gasteiger partial charge in [0.05, 0.1) is 0 Å². The van der Waals surface area contributed by atoms with Gasteiger partial charge in [-0.25, -0.2) is 0 Å². The van der Waals surface area contributed by atoms with Crippen molar-refractivity contribution in [2.45, 2.75) is 0 Å². The van der Waals surface area contributed by atoms with Crippen molar-refractivity contribution >= 4 is 77.7 Å². The highest BCUT2D eigenvalue weighted by Gasteiger charge is 2.23. The SMILES string of the molecule is c1ccc(-c2ccc(-c3cc(-c4ccc(-c5ccccc5)s4)c4ccc5c(-c6ccc(-c7ccccc7)s6)cc(-c6ccc(-c7ccccc7)s6)c6ccc3c4c65)s2)cc1. The van der Waals surface area contributed by atoms with Gasteiger partial charge in [-0.3, -0.25) is 0 Å². The Balaban J connectivity index is 1.15. The van der Waals surface area contributed by atoms with Crippen LogP contribution < -0.4 is 0 Å². The van der Waals surface area contributed by atoms with Crippen molar-refractivity contribution in [3.8, 4) is 83.5 Å². The fourth-order valence-electron chi connectivity index (χ4n) is 8.77. The first-order valence-electron chi connectivity index (χ1n) is 20.1. The molecule has 0 atom stereocenters. The van der Waals surface area contributed by atoms with E-state index in [1.165, 1.54) is 116 Å². The summed E-state index contributed by atoms with van der Waals surface area (Å²) in [5.74, 6) is 0. The Morgan fingerprint density at radius 3 is 0.650 bits per heavy atom. The van der Waals surface area contributed by atoms with Gasteiger partial charge in [-0.2, -0.15) is 0 Å². The zero-order chi connectivity index (χ0) is 39.6. The molecule has 0 spiro atoms. The van der Waals surface area contributed by atoms with Crippen LogP contribution in [0.4, 0.5) is 0 Å². The van der Waals surface area contributed by atoms with Gasteiger partial charge in [-0.05, 0) is 115 Å². The van der Waals surface area contributed by atoms with Gasteiger partial charge in [0.25, 0.3) is 0 Å². The van der Waals surface area contributed by atoms with Crippen LogP contribution in [0.3, 0.4) is 0 Å². The summed E-state index contributed by atoms with van der Waals surface area (Å²) in [6, 6.07) is 76.2. The van der Waals surface area contributed by atoms with Crippen LogP contribution in [0.5, 0.6) is 0 Å². The van der Waals surface area contributed by atoms with E-state index in [1.807, 2.05) is 45.3 Å². The lowest BCUT2D eigenvalue weighted by Crippen LogP contribution is -1.92. The summed E-state index contributed by atoms with van der Waals surface area (Å²) in [6.45, 7) is 0. The zero-order valence-electron chi connectivity index (χ0n) is 32.3. The van der Waals surface area contributed by atoms with E-state index in [4.69, 9.17) is 0 Å². The molecule has 60 heavy (non-hydrogen) atoms. The van der Waals surface area contributed by atoms with E-state index in [2.05, 4.69) is 206 Å². The monoisotopic (exact) mass is 834 g/mol. The average molecular weight is 835 g/mol. The maximum Gasteiger partial charge on any atom is 0.0355 e. The van der Waals surface area contributed by atoms with E-state index in [-0.39, 0.29) is 0 Å². The fraction of sp³-hybridized carbons (Fsp3) is 0. The molecule has 12 aromatic rings. The van der Waals surface area contributed by atoms with Gasteiger partial charge in [0.1, 0.15) is 0 Å². The number of rotatable bonds is 8. The minimum absolute atomic E-state index is 1.25. The minimum atomic E-state index is 1.25. The van der Waals surface area contributed by atoms with Crippen molar-refractivity contribution in [3.63, 3.8) is 0 Å². The lowest BCUT2D eigenvalue weighted by Gasteiger charge is -2.20. The molecule has 0 unspecified atom stereocenters. The normalized spacial score (nSPS) is 11.7. The third kappa shape index (κ3) is 6.06. The third-order valence-electron chi connectivity index (χ3n) is 11.6. The summed E-state index contributed by atoms with van der Waals surface area (Å²) < 4.78 is 0. The standard InChI is InChI=1S/C56H34S4/c1-5-13-35(14-6-1)47-25-29-51(57-47)43-33-44(52-30-26-48(58-52)36-15-7-2-8-16-36)40-23-24-42-46(54-32-28-50(60-54)38-19-11-4-12-20-38)34-45(41-22-21-39(43)55(40)56(41)42)53-31-27-49(59-53)37-17-9-3-10-18-37/h1-34H. The topological polar surface area (TPSA) is 0 Å². The Morgan fingerprint density at radius 1 is 0.200 bits per heavy atom. The van der Waals surface area contributed by atoms with Crippen LogP contribution >= 0.6 is 45.3 Å². The molecule has 282 valence electrons. The highest BCUT2D eigenvalue weighted by Crippen LogP contribution is 2.52. The van der Waals surface area contributed by atoms with E-state index in [9.17, 15) is 0 Å². The molecular formula is C56H34S4. The van der Waals surface area contributed by atoms with Crippen LogP contribution in [0.25, 0.3) is 116 Å². The Labute approximate surface area is 364 Å². The summed E-state index contributed by atoms with van der Waals surface area (Å²) in [6.07, 6.45) is 0. The maximum absolute atomic E-state index is 2.47. The molecule has 8 aromatic carbocycles. The molecule has 4 heteroatoms. The van der Waals surface area contributed by atoms with Crippen LogP contribution in [0.2, 0.25) is 0 Å². The summed E-state index contributed by atoms with van der Waals surface area (Å²) in [5, 5.41) is 7.86. The molecule has 0 N–H and O–H groups in total. The molecule has 0 bridgehead atoms. The lowest BCUT2D eigenvalue weighted by atomic mass is 9.85. The van der Waals surface area contributed by atoms with Crippen molar-refractivity contribution in [2.24, 2.45) is 0 Å². The number of hydrogen-bond donors (Lipinski definition) is 0. The predicted molar refractivity (Wildman–Crippen MR) is 265 cm³/mol. The maximum atomic E-state index is 2.47. The predicted octanol–water partition coefficient (Wildman–Crippen LogP) is 18.2. The van der Waals surface area contributed by atoms with Crippen molar-refractivity contribution < 1.29 is 0 Å². The van der Waals surface area contributed by atoms with Crippen molar-refractivity contribution in [3.05, 3.63) is 206 Å². The number of thiophene rings is 4. The van der Waals surface area contributed by atoms with Crippen molar-refractivity contribution in [2.75, 3.05) is 0 Å². The number of benzene rings is 8. The van der Waals surface area contributed by atoms with E-state index in [1.54, 1.807) is 0 Å². The fourth-order valence-corrected chi connectivity index (χ4v) is 12.9. The molecule has 0 fully saturated rings. The van der Waals surface area contributed by atoms with Gasteiger partial charge in [-0.1, -0.05) is 146 Å². The second-order valence-corrected chi connectivity index (χ2v) is 19.5. The summed E-state index contributed by atoms with van der Waals surface area (Å²) in [7, 11) is 0. The second kappa shape index (κ2) is 14.7. The van der Waals surface area contributed by atoms with Crippen LogP contribution in [0, 0.1) is 0 Å². The molecule has 0 aliphatic heterocycles. The van der Waals surface area contributed by atoms with E-state index >= 15 is 0 Å². The van der Waals surface area contributed by atoms with Gasteiger partial charge in [0, 0.05) is 61.3 Å². The quantitative estimate of drug-likeness (QED) is 0.134. The first-order valence-corrected chi connectivity index (χ1v) is 23.4. The molecular weight excluding hydrogens is 801 g/mol. The second-order valence-electron chi connectivity index (χ2n) is 15.1. The Kier molecular flexibility index (Phi) is 8.71. The van der Waals surface area contributed by atoms with Crippen molar-refractivity contribution in [1.82, 2.24) is 0 Å².